The molecular weight excluding hydrogens is 283 g/mol. The summed E-state index contributed by atoms with van der Waals surface area (Å²) < 4.78 is 37.8. The summed E-state index contributed by atoms with van der Waals surface area (Å²) in [6, 6.07) is 7.99. The van der Waals surface area contributed by atoms with Gasteiger partial charge in [-0.1, -0.05) is 6.07 Å². The number of nitrogens with one attached hydrogen (secondary N) is 2. The van der Waals surface area contributed by atoms with Gasteiger partial charge in [-0.3, -0.25) is 4.79 Å². The number of rotatable bonds is 3. The van der Waals surface area contributed by atoms with Gasteiger partial charge >= 0.3 is 6.18 Å². The zero-order valence-electron chi connectivity index (χ0n) is 11.0. The van der Waals surface area contributed by atoms with Crippen molar-refractivity contribution >= 4 is 23.1 Å². The first-order chi connectivity index (χ1) is 9.84. The number of carbonyl (C=O) groups excluding carboxylic acids is 1. The summed E-state index contributed by atoms with van der Waals surface area (Å²) in [7, 11) is 0. The first kappa shape index (κ1) is 14.8. The van der Waals surface area contributed by atoms with Crippen LogP contribution in [0.2, 0.25) is 0 Å². The number of carbonyl (C=O) groups is 1. The van der Waals surface area contributed by atoms with Crippen LogP contribution in [0.4, 0.5) is 30.4 Å². The van der Waals surface area contributed by atoms with Crippen molar-refractivity contribution in [2.24, 2.45) is 0 Å². The molecule has 4 nitrogen and oxygen atoms in total. The standard InChI is InChI=1S/C14H12F3N3O/c1-9(21)19-12-5-6-13(18-8-12)20-11-4-2-3-10(7-11)14(15,16)17/h2-8H,1H3,(H,18,20)(H,19,21). The van der Waals surface area contributed by atoms with Gasteiger partial charge in [0.1, 0.15) is 5.82 Å². The van der Waals surface area contributed by atoms with E-state index in [4.69, 9.17) is 0 Å². The van der Waals surface area contributed by atoms with Gasteiger partial charge in [-0.2, -0.15) is 13.2 Å². The van der Waals surface area contributed by atoms with Gasteiger partial charge in [0, 0.05) is 12.6 Å². The van der Waals surface area contributed by atoms with Crippen LogP contribution in [0.15, 0.2) is 42.6 Å². The minimum atomic E-state index is -4.39. The normalized spacial score (nSPS) is 11.0. The third kappa shape index (κ3) is 4.20. The summed E-state index contributed by atoms with van der Waals surface area (Å²) in [4.78, 5) is 14.9. The minimum absolute atomic E-state index is 0.226. The van der Waals surface area contributed by atoms with Gasteiger partial charge in [0.2, 0.25) is 5.91 Å². The van der Waals surface area contributed by atoms with Crippen LogP contribution < -0.4 is 10.6 Å². The molecule has 0 saturated carbocycles. The molecule has 2 rings (SSSR count). The topological polar surface area (TPSA) is 54.0 Å². The molecule has 0 fully saturated rings. The van der Waals surface area contributed by atoms with Crippen LogP contribution in [0.25, 0.3) is 0 Å². The molecule has 0 spiro atoms. The molecule has 1 aromatic heterocycles. The highest BCUT2D eigenvalue weighted by Gasteiger charge is 2.30. The lowest BCUT2D eigenvalue weighted by Gasteiger charge is -2.10. The van der Waals surface area contributed by atoms with E-state index >= 15 is 0 Å². The number of alkyl halides is 3. The smallest absolute Gasteiger partial charge is 0.340 e. The number of halogens is 3. The molecule has 1 heterocycles. The van der Waals surface area contributed by atoms with E-state index in [0.29, 0.717) is 11.5 Å². The molecular formula is C14H12F3N3O. The van der Waals surface area contributed by atoms with Crippen molar-refractivity contribution in [1.82, 2.24) is 4.98 Å². The molecule has 0 aliphatic rings. The average Bonchev–Trinajstić information content (AvgIpc) is 2.40. The third-order valence-electron chi connectivity index (χ3n) is 2.55. The van der Waals surface area contributed by atoms with Gasteiger partial charge in [-0.25, -0.2) is 4.98 Å². The quantitative estimate of drug-likeness (QED) is 0.905. The van der Waals surface area contributed by atoms with E-state index in [1.54, 1.807) is 12.1 Å². The summed E-state index contributed by atoms with van der Waals surface area (Å²) in [5.74, 6) is 0.152. The van der Waals surface area contributed by atoms with Crippen LogP contribution in [-0.2, 0) is 11.0 Å². The lowest BCUT2D eigenvalue weighted by atomic mass is 10.2. The van der Waals surface area contributed by atoms with Crippen molar-refractivity contribution in [2.75, 3.05) is 10.6 Å². The number of aromatic nitrogens is 1. The summed E-state index contributed by atoms with van der Waals surface area (Å²) >= 11 is 0. The van der Waals surface area contributed by atoms with E-state index in [1.165, 1.54) is 25.3 Å². The Balaban J connectivity index is 2.13. The fraction of sp³-hybridized carbons (Fsp3) is 0.143. The molecule has 0 aliphatic carbocycles. The van der Waals surface area contributed by atoms with Gasteiger partial charge in [-0.15, -0.1) is 0 Å². The molecule has 0 atom stereocenters. The Morgan fingerprint density at radius 3 is 2.48 bits per heavy atom. The Morgan fingerprint density at radius 2 is 1.90 bits per heavy atom. The molecule has 21 heavy (non-hydrogen) atoms. The third-order valence-corrected chi connectivity index (χ3v) is 2.55. The maximum Gasteiger partial charge on any atom is 0.416 e. The van der Waals surface area contributed by atoms with Crippen molar-refractivity contribution in [3.63, 3.8) is 0 Å². The molecule has 1 amide bonds. The van der Waals surface area contributed by atoms with Crippen LogP contribution in [0.1, 0.15) is 12.5 Å². The summed E-state index contributed by atoms with van der Waals surface area (Å²) in [5.41, 5.74) is 0.0593. The number of amides is 1. The van der Waals surface area contributed by atoms with Crippen molar-refractivity contribution < 1.29 is 18.0 Å². The summed E-state index contributed by atoms with van der Waals surface area (Å²) in [6.45, 7) is 1.37. The lowest BCUT2D eigenvalue weighted by molar-refractivity contribution is -0.137. The highest BCUT2D eigenvalue weighted by Crippen LogP contribution is 2.31. The predicted molar refractivity (Wildman–Crippen MR) is 73.3 cm³/mol. The molecule has 2 aromatic rings. The molecule has 1 aromatic carbocycles. The molecule has 110 valence electrons. The largest absolute Gasteiger partial charge is 0.416 e. The Kier molecular flexibility index (Phi) is 4.11. The summed E-state index contributed by atoms with van der Waals surface area (Å²) in [5, 5.41) is 5.32. The molecule has 0 radical (unpaired) electrons. The maximum atomic E-state index is 12.6. The SMILES string of the molecule is CC(=O)Nc1ccc(Nc2cccc(C(F)(F)F)c2)nc1. The van der Waals surface area contributed by atoms with E-state index in [0.717, 1.165) is 12.1 Å². The zero-order valence-corrected chi connectivity index (χ0v) is 11.0. The van der Waals surface area contributed by atoms with Crippen LogP contribution in [-0.4, -0.2) is 10.9 Å². The predicted octanol–water partition coefficient (Wildman–Crippen LogP) is 3.80. The number of hydrogen-bond acceptors (Lipinski definition) is 3. The second-order valence-electron chi connectivity index (χ2n) is 4.32. The van der Waals surface area contributed by atoms with Gasteiger partial charge in [-0.05, 0) is 30.3 Å². The van der Waals surface area contributed by atoms with Crippen LogP contribution in [0, 0.1) is 0 Å². The van der Waals surface area contributed by atoms with Crippen molar-refractivity contribution in [3.05, 3.63) is 48.2 Å². The lowest BCUT2D eigenvalue weighted by Crippen LogP contribution is -2.06. The number of hydrogen-bond donors (Lipinski definition) is 2. The monoisotopic (exact) mass is 295 g/mol. The van der Waals surface area contributed by atoms with Crippen molar-refractivity contribution in [1.29, 1.82) is 0 Å². The van der Waals surface area contributed by atoms with E-state index in [9.17, 15) is 18.0 Å². The minimum Gasteiger partial charge on any atom is -0.340 e. The van der Waals surface area contributed by atoms with Gasteiger partial charge in [0.05, 0.1) is 17.4 Å². The molecule has 0 saturated heterocycles. The van der Waals surface area contributed by atoms with Gasteiger partial charge < -0.3 is 10.6 Å². The zero-order chi connectivity index (χ0) is 15.5. The fourth-order valence-corrected chi connectivity index (χ4v) is 1.67. The number of benzene rings is 1. The Labute approximate surface area is 119 Å². The Hall–Kier alpha value is -2.57. The Bertz CT molecular complexity index is 639. The van der Waals surface area contributed by atoms with Crippen molar-refractivity contribution in [3.8, 4) is 0 Å². The molecule has 0 aliphatic heterocycles. The number of anilines is 3. The second-order valence-corrected chi connectivity index (χ2v) is 4.32. The van der Waals surface area contributed by atoms with E-state index < -0.39 is 11.7 Å². The number of pyridine rings is 1. The van der Waals surface area contributed by atoms with E-state index in [2.05, 4.69) is 15.6 Å². The number of nitrogens with zero attached hydrogens (tertiary/aromatic N) is 1. The molecule has 2 N–H and O–H groups in total. The van der Waals surface area contributed by atoms with Crippen LogP contribution >= 0.6 is 0 Å². The van der Waals surface area contributed by atoms with Gasteiger partial charge in [0.15, 0.2) is 0 Å². The first-order valence-electron chi connectivity index (χ1n) is 6.02. The highest BCUT2D eigenvalue weighted by atomic mass is 19.4. The van der Waals surface area contributed by atoms with Gasteiger partial charge in [0.25, 0.3) is 0 Å². The molecule has 0 unspecified atom stereocenters. The molecule has 0 bridgehead atoms. The van der Waals surface area contributed by atoms with Crippen molar-refractivity contribution in [2.45, 2.75) is 13.1 Å². The Morgan fingerprint density at radius 1 is 1.14 bits per heavy atom. The highest BCUT2D eigenvalue weighted by molar-refractivity contribution is 5.88. The maximum absolute atomic E-state index is 12.6. The summed E-state index contributed by atoms with van der Waals surface area (Å²) in [6.07, 6.45) is -2.97. The fourth-order valence-electron chi connectivity index (χ4n) is 1.67. The average molecular weight is 295 g/mol. The molecule has 7 heteroatoms. The van der Waals surface area contributed by atoms with Crippen LogP contribution in [0.5, 0.6) is 0 Å². The first-order valence-corrected chi connectivity index (χ1v) is 6.02. The van der Waals surface area contributed by atoms with E-state index in [-0.39, 0.29) is 11.6 Å². The van der Waals surface area contributed by atoms with E-state index in [1.807, 2.05) is 0 Å². The second kappa shape index (κ2) is 5.82. The van der Waals surface area contributed by atoms with Crippen LogP contribution in [0.3, 0.4) is 0 Å².